The van der Waals surface area contributed by atoms with Crippen molar-refractivity contribution in [2.24, 2.45) is 0 Å². The Hall–Kier alpha value is -0.670. The third-order valence-electron chi connectivity index (χ3n) is 1.81. The molecule has 1 rings (SSSR count). The van der Waals surface area contributed by atoms with Crippen LogP contribution in [0.3, 0.4) is 0 Å². The Morgan fingerprint density at radius 3 is 2.62 bits per heavy atom. The van der Waals surface area contributed by atoms with E-state index in [1.165, 1.54) is 11.3 Å². The lowest BCUT2D eigenvalue weighted by Crippen LogP contribution is -2.36. The van der Waals surface area contributed by atoms with Crippen molar-refractivity contribution in [1.82, 2.24) is 0 Å². The summed E-state index contributed by atoms with van der Waals surface area (Å²) in [4.78, 5) is 12.4. The maximum atomic E-state index is 11.6. The van der Waals surface area contributed by atoms with Crippen molar-refractivity contribution in [1.29, 1.82) is 0 Å². The Morgan fingerprint density at radius 1 is 1.46 bits per heavy atom. The minimum atomic E-state index is 0.267. The SMILES string of the molecule is C[N+](C)(C)CCC(=O)c1cccs1. The monoisotopic (exact) mass is 198 g/mol. The van der Waals surface area contributed by atoms with Crippen LogP contribution in [0.4, 0.5) is 0 Å². The molecule has 0 aromatic carbocycles. The molecule has 0 aliphatic rings. The molecule has 0 aliphatic carbocycles. The molecule has 0 fully saturated rings. The van der Waals surface area contributed by atoms with Gasteiger partial charge in [0.25, 0.3) is 0 Å². The average molecular weight is 198 g/mol. The Kier molecular flexibility index (Phi) is 3.22. The van der Waals surface area contributed by atoms with Crippen LogP contribution in [0.1, 0.15) is 16.1 Å². The third kappa shape index (κ3) is 3.70. The minimum Gasteiger partial charge on any atom is -0.331 e. The quantitative estimate of drug-likeness (QED) is 0.534. The fourth-order valence-corrected chi connectivity index (χ4v) is 1.69. The first-order valence-electron chi connectivity index (χ1n) is 4.36. The van der Waals surface area contributed by atoms with Gasteiger partial charge in [0.15, 0.2) is 5.78 Å². The van der Waals surface area contributed by atoms with Gasteiger partial charge in [0.2, 0.25) is 0 Å². The molecule has 0 saturated heterocycles. The van der Waals surface area contributed by atoms with Crippen LogP contribution in [0.5, 0.6) is 0 Å². The van der Waals surface area contributed by atoms with Gasteiger partial charge in [-0.05, 0) is 11.4 Å². The molecule has 1 aromatic rings. The molecule has 0 saturated carbocycles. The molecular weight excluding hydrogens is 182 g/mol. The van der Waals surface area contributed by atoms with Gasteiger partial charge in [-0.15, -0.1) is 11.3 Å². The molecular formula is C10H16NOS+. The van der Waals surface area contributed by atoms with Crippen molar-refractivity contribution in [2.45, 2.75) is 6.42 Å². The van der Waals surface area contributed by atoms with Crippen molar-refractivity contribution < 1.29 is 9.28 Å². The van der Waals surface area contributed by atoms with Crippen LogP contribution < -0.4 is 0 Å². The maximum absolute atomic E-state index is 11.6. The predicted molar refractivity (Wildman–Crippen MR) is 56.2 cm³/mol. The number of thiophene rings is 1. The Bertz CT molecular complexity index is 272. The lowest BCUT2D eigenvalue weighted by atomic mass is 10.2. The molecule has 0 unspecified atom stereocenters. The summed E-state index contributed by atoms with van der Waals surface area (Å²) in [7, 11) is 6.30. The molecule has 0 amide bonds. The molecule has 0 spiro atoms. The van der Waals surface area contributed by atoms with Gasteiger partial charge in [-0.2, -0.15) is 0 Å². The highest BCUT2D eigenvalue weighted by atomic mass is 32.1. The summed E-state index contributed by atoms with van der Waals surface area (Å²) in [6, 6.07) is 3.81. The number of hydrogen-bond acceptors (Lipinski definition) is 2. The zero-order chi connectivity index (χ0) is 9.90. The zero-order valence-electron chi connectivity index (χ0n) is 8.41. The van der Waals surface area contributed by atoms with Gasteiger partial charge in [0.05, 0.1) is 39.0 Å². The molecule has 72 valence electrons. The number of carbonyl (C=O) groups is 1. The number of hydrogen-bond donors (Lipinski definition) is 0. The lowest BCUT2D eigenvalue weighted by Gasteiger charge is -2.23. The number of quaternary nitrogens is 1. The number of carbonyl (C=O) groups excluding carboxylic acids is 1. The van der Waals surface area contributed by atoms with Crippen LogP contribution in [-0.2, 0) is 0 Å². The van der Waals surface area contributed by atoms with Gasteiger partial charge in [0, 0.05) is 0 Å². The van der Waals surface area contributed by atoms with E-state index in [1.54, 1.807) is 0 Å². The van der Waals surface area contributed by atoms with Crippen LogP contribution in [0.25, 0.3) is 0 Å². The van der Waals surface area contributed by atoms with Gasteiger partial charge in [-0.3, -0.25) is 4.79 Å². The van der Waals surface area contributed by atoms with E-state index in [2.05, 4.69) is 21.1 Å². The fourth-order valence-electron chi connectivity index (χ4n) is 0.997. The predicted octanol–water partition coefficient (Wildman–Crippen LogP) is 2.03. The first kappa shape index (κ1) is 10.4. The van der Waals surface area contributed by atoms with E-state index in [1.807, 2.05) is 17.5 Å². The summed E-state index contributed by atoms with van der Waals surface area (Å²) in [5, 5.41) is 1.94. The highest BCUT2D eigenvalue weighted by molar-refractivity contribution is 7.12. The molecule has 2 nitrogen and oxygen atoms in total. The van der Waals surface area contributed by atoms with Gasteiger partial charge < -0.3 is 4.48 Å². The highest BCUT2D eigenvalue weighted by Crippen LogP contribution is 2.11. The molecule has 3 heteroatoms. The van der Waals surface area contributed by atoms with Crippen molar-refractivity contribution in [3.63, 3.8) is 0 Å². The fraction of sp³-hybridized carbons (Fsp3) is 0.500. The van der Waals surface area contributed by atoms with Crippen LogP contribution in [-0.4, -0.2) is 38.0 Å². The highest BCUT2D eigenvalue weighted by Gasteiger charge is 2.12. The zero-order valence-corrected chi connectivity index (χ0v) is 9.23. The smallest absolute Gasteiger partial charge is 0.178 e. The second kappa shape index (κ2) is 4.03. The number of rotatable bonds is 4. The summed E-state index contributed by atoms with van der Waals surface area (Å²) < 4.78 is 0.844. The molecule has 0 N–H and O–H groups in total. The van der Waals surface area contributed by atoms with E-state index >= 15 is 0 Å². The van der Waals surface area contributed by atoms with Crippen LogP contribution in [0, 0.1) is 0 Å². The molecule has 0 atom stereocenters. The van der Waals surface area contributed by atoms with E-state index in [0.717, 1.165) is 15.9 Å². The Labute approximate surface area is 83.4 Å². The van der Waals surface area contributed by atoms with Gasteiger partial charge in [-0.1, -0.05) is 6.07 Å². The molecule has 0 aliphatic heterocycles. The van der Waals surface area contributed by atoms with Crippen LogP contribution >= 0.6 is 11.3 Å². The largest absolute Gasteiger partial charge is 0.331 e. The second-order valence-electron chi connectivity index (χ2n) is 4.16. The lowest BCUT2D eigenvalue weighted by molar-refractivity contribution is -0.869. The number of ketones is 1. The molecule has 1 aromatic heterocycles. The maximum Gasteiger partial charge on any atom is 0.178 e. The summed E-state index contributed by atoms with van der Waals surface area (Å²) >= 11 is 1.53. The minimum absolute atomic E-state index is 0.267. The normalized spacial score (nSPS) is 11.6. The molecule has 0 bridgehead atoms. The number of nitrogens with zero attached hydrogens (tertiary/aromatic N) is 1. The molecule has 13 heavy (non-hydrogen) atoms. The second-order valence-corrected chi connectivity index (χ2v) is 5.11. The summed E-state index contributed by atoms with van der Waals surface area (Å²) in [6.07, 6.45) is 0.643. The van der Waals surface area contributed by atoms with Gasteiger partial charge in [-0.25, -0.2) is 0 Å². The van der Waals surface area contributed by atoms with Crippen molar-refractivity contribution in [3.05, 3.63) is 22.4 Å². The van der Waals surface area contributed by atoms with E-state index in [9.17, 15) is 4.79 Å². The van der Waals surface area contributed by atoms with Gasteiger partial charge in [0.1, 0.15) is 0 Å². The van der Waals surface area contributed by atoms with Crippen molar-refractivity contribution in [2.75, 3.05) is 27.7 Å². The number of Topliss-reactive ketones (excluding diaryl/α,β-unsaturated/α-hetero) is 1. The summed E-state index contributed by atoms with van der Waals surface area (Å²) in [5.74, 6) is 0.267. The summed E-state index contributed by atoms with van der Waals surface area (Å²) in [6.45, 7) is 0.900. The van der Waals surface area contributed by atoms with E-state index < -0.39 is 0 Å². The first-order chi connectivity index (χ1) is 5.99. The first-order valence-corrected chi connectivity index (χ1v) is 5.24. The van der Waals surface area contributed by atoms with E-state index in [4.69, 9.17) is 0 Å². The molecule has 1 heterocycles. The van der Waals surface area contributed by atoms with E-state index in [0.29, 0.717) is 6.42 Å². The summed E-state index contributed by atoms with van der Waals surface area (Å²) in [5.41, 5.74) is 0. The standard InChI is InChI=1S/C10H16NOS/c1-11(2,3)7-6-9(12)10-5-4-8-13-10/h4-5,8H,6-7H2,1-3H3/q+1. The van der Waals surface area contributed by atoms with Crippen LogP contribution in [0.15, 0.2) is 17.5 Å². The van der Waals surface area contributed by atoms with Gasteiger partial charge >= 0.3 is 0 Å². The third-order valence-corrected chi connectivity index (χ3v) is 2.72. The topological polar surface area (TPSA) is 17.1 Å². The average Bonchev–Trinajstić information content (AvgIpc) is 2.50. The van der Waals surface area contributed by atoms with Crippen LogP contribution in [0.2, 0.25) is 0 Å². The molecule has 0 radical (unpaired) electrons. The van der Waals surface area contributed by atoms with Crippen molar-refractivity contribution >= 4 is 17.1 Å². The van der Waals surface area contributed by atoms with Crippen molar-refractivity contribution in [3.8, 4) is 0 Å². The Balaban J connectivity index is 2.44. The van der Waals surface area contributed by atoms with E-state index in [-0.39, 0.29) is 5.78 Å². The Morgan fingerprint density at radius 2 is 2.15 bits per heavy atom.